The quantitative estimate of drug-likeness (QED) is 0.0225. The van der Waals surface area contributed by atoms with Crippen molar-refractivity contribution in [3.05, 3.63) is 37.0 Å². The lowest BCUT2D eigenvalue weighted by Crippen LogP contribution is -2.46. The van der Waals surface area contributed by atoms with Gasteiger partial charge in [0.15, 0.2) is 17.7 Å². The van der Waals surface area contributed by atoms with Crippen LogP contribution >= 0.6 is 35.2 Å². The van der Waals surface area contributed by atoms with Crippen molar-refractivity contribution in [1.82, 2.24) is 30.2 Å². The van der Waals surface area contributed by atoms with Gasteiger partial charge in [0.1, 0.15) is 36.3 Å². The Morgan fingerprint density at radius 2 is 1.63 bits per heavy atom. The van der Waals surface area contributed by atoms with Gasteiger partial charge in [-0.25, -0.2) is 28.6 Å². The Bertz CT molecular complexity index is 2050. The van der Waals surface area contributed by atoms with E-state index in [-0.39, 0.29) is 41.6 Å². The number of nitrogen functional groups attached to an aromatic ring is 1. The van der Waals surface area contributed by atoms with Crippen molar-refractivity contribution in [2.45, 2.75) is 122 Å². The van der Waals surface area contributed by atoms with Crippen LogP contribution < -0.4 is 16.4 Å². The number of anilines is 1. The summed E-state index contributed by atoms with van der Waals surface area (Å²) in [6, 6.07) is 0. The van der Waals surface area contributed by atoms with Crippen molar-refractivity contribution in [3.63, 3.8) is 0 Å². The first kappa shape index (κ1) is 56.4. The minimum atomic E-state index is -5.58. The van der Waals surface area contributed by atoms with Gasteiger partial charge in [-0.15, -0.1) is 0 Å². The third-order valence-corrected chi connectivity index (χ3v) is 13.6. The Kier molecular flexibility index (Phi) is 23.5. The van der Waals surface area contributed by atoms with Crippen molar-refractivity contribution in [2.24, 2.45) is 5.41 Å². The fourth-order valence-electron chi connectivity index (χ4n) is 6.18. The number of nitrogens with one attached hydrogen (secondary N) is 2. The molecule has 1 fully saturated rings. The molecule has 1 saturated heterocycles. The van der Waals surface area contributed by atoms with E-state index >= 15 is 0 Å². The SMILES string of the molecule is CCCCCCCCCC/C=C\C/C=C/C(=O)SCCNC(=O)CCNC(=O)[C@H](O)C(C)(C)COP(=O)(O)OP(=O)(O)OC[C@H]1O[C@@H](n2cnc3c(N)ncnc32)[C@H](O)[C@@H]1OP(=O)(O)O. The van der Waals surface area contributed by atoms with Gasteiger partial charge >= 0.3 is 23.5 Å². The molecule has 24 nitrogen and oxygen atoms in total. The highest BCUT2D eigenvalue weighted by Crippen LogP contribution is 2.61. The van der Waals surface area contributed by atoms with Gasteiger partial charge in [-0.3, -0.25) is 32.5 Å². The minimum absolute atomic E-state index is 0.0310. The van der Waals surface area contributed by atoms with Crippen LogP contribution in [0.25, 0.3) is 11.2 Å². The van der Waals surface area contributed by atoms with Crippen molar-refractivity contribution in [3.8, 4) is 0 Å². The summed E-state index contributed by atoms with van der Waals surface area (Å²) in [7, 11) is -16.4. The molecular weight excluding hydrogens is 939 g/mol. The van der Waals surface area contributed by atoms with E-state index in [1.165, 1.54) is 64.9 Å². The van der Waals surface area contributed by atoms with Gasteiger partial charge in [0, 0.05) is 30.7 Å². The molecule has 0 bridgehead atoms. The van der Waals surface area contributed by atoms with Crippen LogP contribution in [-0.4, -0.2) is 123 Å². The van der Waals surface area contributed by atoms with E-state index in [1.807, 2.05) is 6.08 Å². The zero-order valence-electron chi connectivity index (χ0n) is 36.5. The highest BCUT2D eigenvalue weighted by Gasteiger charge is 2.50. The summed E-state index contributed by atoms with van der Waals surface area (Å²) in [6.07, 6.45) is 12.4. The Morgan fingerprint density at radius 1 is 0.954 bits per heavy atom. The number of aliphatic hydroxyl groups excluding tert-OH is 2. The monoisotopic (exact) mass is 1000 g/mol. The second kappa shape index (κ2) is 27.1. The standard InChI is InChI=1S/C37H62N7O17P3S/c1-4-5-6-7-8-9-10-11-12-13-14-15-16-17-28(46)65-21-20-39-27(45)18-19-40-35(49)32(48)37(2,3)23-58-64(55,56)61-63(53,54)57-22-26-31(60-62(50,51)52)30(47)36(59-26)44-25-43-29-33(38)41-24-42-34(29)44/h13-14,16-17,24-26,30-32,36,47-48H,4-12,15,18-23H2,1-3H3,(H,39,45)(H,40,49)(H,53,54)(H,55,56)(H2,38,41,42)(H2,50,51,52)/b14-13-,17-16+/t26-,30-,31-,32+,36-/m1/s1. The lowest BCUT2D eigenvalue weighted by Gasteiger charge is -2.30. The van der Waals surface area contributed by atoms with Gasteiger partial charge in [-0.05, 0) is 25.3 Å². The van der Waals surface area contributed by atoms with Gasteiger partial charge in [0.2, 0.25) is 16.9 Å². The van der Waals surface area contributed by atoms with Crippen LogP contribution in [0.2, 0.25) is 0 Å². The van der Waals surface area contributed by atoms with Gasteiger partial charge in [0.25, 0.3) is 0 Å². The van der Waals surface area contributed by atoms with Gasteiger partial charge in [-0.1, -0.05) is 95.7 Å². The maximum atomic E-state index is 12.7. The van der Waals surface area contributed by atoms with Crippen LogP contribution in [0.3, 0.4) is 0 Å². The number of nitrogens with zero attached hydrogens (tertiary/aromatic N) is 4. The number of allylic oxidation sites excluding steroid dienone is 3. The first-order valence-corrected chi connectivity index (χ1v) is 26.4. The third kappa shape index (κ3) is 20.4. The fourth-order valence-corrected chi connectivity index (χ4v) is 9.61. The summed E-state index contributed by atoms with van der Waals surface area (Å²) in [5.74, 6) is -1.13. The number of fused-ring (bicyclic) bond motifs is 1. The molecular formula is C37H62N7O17P3S. The second-order valence-electron chi connectivity index (χ2n) is 15.6. The highest BCUT2D eigenvalue weighted by atomic mass is 32.2. The van der Waals surface area contributed by atoms with Crippen LogP contribution in [0.5, 0.6) is 0 Å². The van der Waals surface area contributed by atoms with Crippen LogP contribution in [-0.2, 0) is 50.7 Å². The number of aromatic nitrogens is 4. The van der Waals surface area contributed by atoms with Crippen molar-refractivity contribution < 1.29 is 80.5 Å². The van der Waals surface area contributed by atoms with Crippen molar-refractivity contribution >= 4 is 69.1 Å². The maximum absolute atomic E-state index is 12.7. The molecule has 2 aromatic rings. The number of rotatable bonds is 31. The van der Waals surface area contributed by atoms with Gasteiger partial charge in [0.05, 0.1) is 19.5 Å². The van der Waals surface area contributed by atoms with E-state index in [0.717, 1.165) is 41.8 Å². The number of hydrogen-bond donors (Lipinski definition) is 9. The molecule has 0 aromatic carbocycles. The van der Waals surface area contributed by atoms with Crippen LogP contribution in [0.4, 0.5) is 5.82 Å². The van der Waals surface area contributed by atoms with Gasteiger partial charge < -0.3 is 50.9 Å². The summed E-state index contributed by atoms with van der Waals surface area (Å²) in [4.78, 5) is 88.1. The molecule has 0 radical (unpaired) electrons. The molecule has 3 rings (SSSR count). The zero-order chi connectivity index (χ0) is 48.3. The zero-order valence-corrected chi connectivity index (χ0v) is 40.0. The average molecular weight is 1000 g/mol. The van der Waals surface area contributed by atoms with Crippen LogP contribution in [0, 0.1) is 5.41 Å². The number of hydrogen-bond acceptors (Lipinski definition) is 18. The largest absolute Gasteiger partial charge is 0.481 e. The number of unbranched alkanes of at least 4 members (excludes halogenated alkanes) is 8. The van der Waals surface area contributed by atoms with E-state index < -0.39 is 84.6 Å². The normalized spacial score (nSPS) is 20.6. The number of phosphoric acid groups is 3. The smallest absolute Gasteiger partial charge is 0.386 e. The molecule has 28 heteroatoms. The predicted molar refractivity (Wildman–Crippen MR) is 237 cm³/mol. The van der Waals surface area contributed by atoms with Crippen molar-refractivity contribution in [1.29, 1.82) is 0 Å². The van der Waals surface area contributed by atoms with E-state index in [0.29, 0.717) is 12.2 Å². The Hall–Kier alpha value is -2.96. The molecule has 1 aliphatic rings. The average Bonchev–Trinajstić information content (AvgIpc) is 3.79. The molecule has 65 heavy (non-hydrogen) atoms. The molecule has 2 unspecified atom stereocenters. The van der Waals surface area contributed by atoms with E-state index in [4.69, 9.17) is 19.5 Å². The number of nitrogens with two attached hydrogens (primary N) is 1. The first-order chi connectivity index (χ1) is 30.6. The number of aliphatic hydroxyl groups is 2. The summed E-state index contributed by atoms with van der Waals surface area (Å²) in [5.41, 5.74) is 4.27. The number of carbonyl (C=O) groups is 3. The number of amides is 2. The van der Waals surface area contributed by atoms with Crippen molar-refractivity contribution in [2.75, 3.05) is 37.8 Å². The number of thioether (sulfide) groups is 1. The second-order valence-corrected chi connectivity index (χ2v) is 20.9. The lowest BCUT2D eigenvalue weighted by atomic mass is 9.87. The molecule has 0 saturated carbocycles. The van der Waals surface area contributed by atoms with Gasteiger partial charge in [-0.2, -0.15) is 4.31 Å². The van der Waals surface area contributed by atoms with Crippen LogP contribution in [0.15, 0.2) is 37.0 Å². The highest BCUT2D eigenvalue weighted by molar-refractivity contribution is 8.14. The maximum Gasteiger partial charge on any atom is 0.481 e. The molecule has 10 N–H and O–H groups in total. The fraction of sp³-hybridized carbons (Fsp3) is 0.676. The summed E-state index contributed by atoms with van der Waals surface area (Å²) in [6.45, 7) is 2.70. The molecule has 3 heterocycles. The molecule has 7 atom stereocenters. The van der Waals surface area contributed by atoms with Crippen LogP contribution in [0.1, 0.15) is 97.6 Å². The summed E-state index contributed by atoms with van der Waals surface area (Å²) >= 11 is 1.04. The number of phosphoric ester groups is 3. The Morgan fingerprint density at radius 3 is 2.32 bits per heavy atom. The Balaban J connectivity index is 1.35. The first-order valence-electron chi connectivity index (χ1n) is 20.9. The summed E-state index contributed by atoms with van der Waals surface area (Å²) < 4.78 is 62.3. The molecule has 0 spiro atoms. The number of carbonyl (C=O) groups excluding carboxylic acids is 3. The molecule has 368 valence electrons. The predicted octanol–water partition coefficient (Wildman–Crippen LogP) is 3.70. The lowest BCUT2D eigenvalue weighted by molar-refractivity contribution is -0.137. The Labute approximate surface area is 381 Å². The topological polar surface area (TPSA) is 364 Å². The molecule has 2 amide bonds. The minimum Gasteiger partial charge on any atom is -0.386 e. The third-order valence-electron chi connectivity index (χ3n) is 9.66. The number of imidazole rings is 1. The van der Waals surface area contributed by atoms with E-state index in [2.05, 4.69) is 47.4 Å². The molecule has 1 aliphatic heterocycles. The molecule has 0 aliphatic carbocycles. The number of ether oxygens (including phenoxy) is 1. The summed E-state index contributed by atoms with van der Waals surface area (Å²) in [5, 5.41) is 26.4. The van der Waals surface area contributed by atoms with E-state index in [9.17, 15) is 57.9 Å². The van der Waals surface area contributed by atoms with E-state index in [1.54, 1.807) is 6.08 Å². The molecule has 2 aromatic heterocycles.